The minimum absolute atomic E-state index is 0.0122. The number of alkyl carbamates (subject to hydrolysis) is 3. The predicted octanol–water partition coefficient (Wildman–Crippen LogP) is 5.52. The van der Waals surface area contributed by atoms with E-state index in [4.69, 9.17) is 18.9 Å². The van der Waals surface area contributed by atoms with Crippen LogP contribution in [0.15, 0.2) is 91.0 Å². The van der Waals surface area contributed by atoms with Crippen LogP contribution in [0.3, 0.4) is 0 Å². The Kier molecular flexibility index (Phi) is 16.8. The van der Waals surface area contributed by atoms with Crippen LogP contribution in [0.5, 0.6) is 0 Å². The van der Waals surface area contributed by atoms with Crippen LogP contribution in [-0.4, -0.2) is 60.9 Å². The average molecular weight is 705 g/mol. The molecular formula is C38H48N4O9. The summed E-state index contributed by atoms with van der Waals surface area (Å²) >= 11 is 0. The van der Waals surface area contributed by atoms with E-state index in [2.05, 4.69) is 21.3 Å². The number of ether oxygens (including phenoxy) is 4. The zero-order valence-electron chi connectivity index (χ0n) is 29.4. The van der Waals surface area contributed by atoms with E-state index in [0.29, 0.717) is 6.42 Å². The number of nitrogens with one attached hydrogen (secondary N) is 4. The van der Waals surface area contributed by atoms with Gasteiger partial charge in [-0.3, -0.25) is 4.79 Å². The summed E-state index contributed by atoms with van der Waals surface area (Å²) in [7, 11) is 0. The quantitative estimate of drug-likeness (QED) is 0.0756. The van der Waals surface area contributed by atoms with Crippen LogP contribution in [0.25, 0.3) is 0 Å². The van der Waals surface area contributed by atoms with Gasteiger partial charge in [-0.1, -0.05) is 91.0 Å². The number of hydrogen-bond donors (Lipinski definition) is 4. The highest BCUT2D eigenvalue weighted by molar-refractivity contribution is 5.89. The molecule has 0 unspecified atom stereocenters. The van der Waals surface area contributed by atoms with Gasteiger partial charge in [0.2, 0.25) is 5.91 Å². The number of hydrogen-bond acceptors (Lipinski definition) is 9. The van der Waals surface area contributed by atoms with Crippen molar-refractivity contribution in [3.63, 3.8) is 0 Å². The first-order chi connectivity index (χ1) is 24.5. The summed E-state index contributed by atoms with van der Waals surface area (Å²) in [4.78, 5) is 63.9. The van der Waals surface area contributed by atoms with E-state index >= 15 is 0 Å². The molecule has 4 amide bonds. The topological polar surface area (TPSA) is 170 Å². The number of amides is 4. The molecule has 0 aliphatic carbocycles. The van der Waals surface area contributed by atoms with Gasteiger partial charge in [0.25, 0.3) is 0 Å². The molecule has 0 saturated carbocycles. The molecule has 274 valence electrons. The smallest absolute Gasteiger partial charge is 0.408 e. The largest absolute Gasteiger partial charge is 0.459 e. The molecule has 13 heteroatoms. The van der Waals surface area contributed by atoms with Gasteiger partial charge in [0.05, 0.1) is 0 Å². The first kappa shape index (κ1) is 39.8. The molecule has 0 saturated heterocycles. The Bertz CT molecular complexity index is 1520. The normalized spacial score (nSPS) is 12.0. The number of benzene rings is 3. The third kappa shape index (κ3) is 17.1. The molecule has 3 aromatic carbocycles. The van der Waals surface area contributed by atoms with Crippen LogP contribution in [0.1, 0.15) is 63.1 Å². The van der Waals surface area contributed by atoms with Gasteiger partial charge in [-0.05, 0) is 63.1 Å². The molecule has 13 nitrogen and oxygen atoms in total. The molecule has 0 heterocycles. The first-order valence-corrected chi connectivity index (χ1v) is 16.9. The van der Waals surface area contributed by atoms with Crippen molar-refractivity contribution in [1.82, 2.24) is 21.3 Å². The highest BCUT2D eigenvalue weighted by Crippen LogP contribution is 2.10. The summed E-state index contributed by atoms with van der Waals surface area (Å²) in [6.45, 7) is 5.59. The Labute approximate surface area is 298 Å². The van der Waals surface area contributed by atoms with Crippen molar-refractivity contribution in [3.05, 3.63) is 108 Å². The lowest BCUT2D eigenvalue weighted by molar-refractivity contribution is -0.149. The Hall–Kier alpha value is -5.59. The third-order valence-electron chi connectivity index (χ3n) is 7.14. The third-order valence-corrected chi connectivity index (χ3v) is 7.14. The van der Waals surface area contributed by atoms with Gasteiger partial charge in [0.15, 0.2) is 0 Å². The summed E-state index contributed by atoms with van der Waals surface area (Å²) in [5.41, 5.74) is 1.61. The van der Waals surface area contributed by atoms with Crippen LogP contribution in [0.2, 0.25) is 0 Å². The van der Waals surface area contributed by atoms with Crippen LogP contribution in [-0.2, 0) is 48.4 Å². The number of carbonyl (C=O) groups is 5. The average Bonchev–Trinajstić information content (AvgIpc) is 3.11. The van der Waals surface area contributed by atoms with Gasteiger partial charge in [0, 0.05) is 13.1 Å². The molecule has 51 heavy (non-hydrogen) atoms. The maximum Gasteiger partial charge on any atom is 0.408 e. The lowest BCUT2D eigenvalue weighted by Crippen LogP contribution is -2.52. The second-order valence-electron chi connectivity index (χ2n) is 12.6. The monoisotopic (exact) mass is 704 g/mol. The van der Waals surface area contributed by atoms with E-state index in [1.165, 1.54) is 0 Å². The molecule has 2 atom stereocenters. The fraction of sp³-hybridized carbons (Fsp3) is 0.395. The summed E-state index contributed by atoms with van der Waals surface area (Å²) in [5.74, 6) is -1.33. The predicted molar refractivity (Wildman–Crippen MR) is 189 cm³/mol. The molecule has 0 spiro atoms. The van der Waals surface area contributed by atoms with E-state index in [1.54, 1.807) is 32.9 Å². The fourth-order valence-corrected chi connectivity index (χ4v) is 4.61. The van der Waals surface area contributed by atoms with Gasteiger partial charge < -0.3 is 40.2 Å². The van der Waals surface area contributed by atoms with E-state index in [0.717, 1.165) is 16.7 Å². The van der Waals surface area contributed by atoms with Gasteiger partial charge >= 0.3 is 24.2 Å². The Morgan fingerprint density at radius 2 is 0.961 bits per heavy atom. The van der Waals surface area contributed by atoms with Crippen LogP contribution < -0.4 is 21.3 Å². The lowest BCUT2D eigenvalue weighted by Gasteiger charge is -2.25. The molecule has 0 aliphatic heterocycles. The van der Waals surface area contributed by atoms with Crippen molar-refractivity contribution < 1.29 is 42.9 Å². The number of rotatable bonds is 18. The molecule has 4 N–H and O–H groups in total. The molecule has 0 bridgehead atoms. The second-order valence-corrected chi connectivity index (χ2v) is 12.6. The van der Waals surface area contributed by atoms with Gasteiger partial charge in [-0.15, -0.1) is 0 Å². The van der Waals surface area contributed by atoms with Crippen molar-refractivity contribution in [3.8, 4) is 0 Å². The van der Waals surface area contributed by atoms with Crippen LogP contribution in [0, 0.1) is 0 Å². The fourth-order valence-electron chi connectivity index (χ4n) is 4.61. The number of esters is 1. The lowest BCUT2D eigenvalue weighted by atomic mass is 10.1. The van der Waals surface area contributed by atoms with Crippen LogP contribution in [0.4, 0.5) is 14.4 Å². The maximum absolute atomic E-state index is 13.6. The van der Waals surface area contributed by atoms with Crippen molar-refractivity contribution in [2.75, 3.05) is 13.1 Å². The van der Waals surface area contributed by atoms with Gasteiger partial charge in [-0.2, -0.15) is 0 Å². The molecule has 0 radical (unpaired) electrons. The Balaban J connectivity index is 1.58. The van der Waals surface area contributed by atoms with E-state index in [9.17, 15) is 24.0 Å². The van der Waals surface area contributed by atoms with Crippen molar-refractivity contribution in [1.29, 1.82) is 0 Å². The standard InChI is InChI=1S/C38H48N4O9/c1-38(2,3)51-37(47)42-31(21-13-23-39-35(45)49-26-29-17-9-5-10-18-29)33(43)41-32(34(44)48-25-28-15-7-4-8-16-28)22-14-24-40-36(46)50-27-30-19-11-6-12-20-30/h4-12,15-20,31-32H,13-14,21-27H2,1-3H3,(H,39,45)(H,40,46)(H,41,43)(H,42,47)/t31-,32-/m0/s1. The van der Waals surface area contributed by atoms with Crippen molar-refractivity contribution in [2.45, 2.75) is 84.0 Å². The summed E-state index contributed by atoms with van der Waals surface area (Å²) in [5, 5.41) is 10.6. The molecule has 0 aromatic heterocycles. The zero-order chi connectivity index (χ0) is 36.9. The van der Waals surface area contributed by atoms with Crippen molar-refractivity contribution in [2.24, 2.45) is 0 Å². The van der Waals surface area contributed by atoms with E-state index in [-0.39, 0.29) is 52.2 Å². The van der Waals surface area contributed by atoms with Crippen molar-refractivity contribution >= 4 is 30.2 Å². The minimum atomic E-state index is -1.11. The number of carbonyl (C=O) groups excluding carboxylic acids is 5. The van der Waals surface area contributed by atoms with Gasteiger partial charge in [-0.25, -0.2) is 19.2 Å². The summed E-state index contributed by atoms with van der Waals surface area (Å²) in [6.07, 6.45) is -1.27. The molecule has 0 fully saturated rings. The minimum Gasteiger partial charge on any atom is -0.459 e. The highest BCUT2D eigenvalue weighted by Gasteiger charge is 2.29. The molecule has 3 aromatic rings. The second kappa shape index (κ2) is 21.5. The summed E-state index contributed by atoms with van der Waals surface area (Å²) in [6, 6.07) is 25.3. The van der Waals surface area contributed by atoms with E-state index < -0.39 is 47.8 Å². The first-order valence-electron chi connectivity index (χ1n) is 16.9. The maximum atomic E-state index is 13.6. The highest BCUT2D eigenvalue weighted by atomic mass is 16.6. The molecule has 3 rings (SSSR count). The SMILES string of the molecule is CC(C)(C)OC(=O)N[C@@H](CCCNC(=O)OCc1ccccc1)C(=O)N[C@@H](CCCNC(=O)OCc1ccccc1)C(=O)OCc1ccccc1. The van der Waals surface area contributed by atoms with Gasteiger partial charge in [0.1, 0.15) is 37.5 Å². The summed E-state index contributed by atoms with van der Waals surface area (Å²) < 4.78 is 21.3. The van der Waals surface area contributed by atoms with E-state index in [1.807, 2.05) is 78.9 Å². The Morgan fingerprint density at radius 1 is 0.549 bits per heavy atom. The zero-order valence-corrected chi connectivity index (χ0v) is 29.4. The molecular weight excluding hydrogens is 656 g/mol. The van der Waals surface area contributed by atoms with Crippen LogP contribution >= 0.6 is 0 Å². The molecule has 0 aliphatic rings. The Morgan fingerprint density at radius 3 is 1.39 bits per heavy atom.